The molecule has 0 saturated heterocycles. The standard InChI is InChI=1S/C50H74N12/c1-11-15-30-61(31-16-12-2)47-57-43(55-45(59-47)53-41-26-22-39(23-27-41)49(5,6)7)51-35-37-20-19-21-38(34-37)36-52-44-56-46(54-42-28-24-40(25-29-42)50(8,9)10)60-48(58-44)62(32-17-13-3)33-18-14-4/h19-29,34H,11-18,30-33,35-36H2,1-10H3,(H2,51,53,55,57,59)(H2,52,54,56,58,60). The molecule has 334 valence electrons. The molecular weight excluding hydrogens is 769 g/mol. The minimum atomic E-state index is 0.0726. The molecule has 62 heavy (non-hydrogen) atoms. The zero-order chi connectivity index (χ0) is 44.5. The molecule has 3 aromatic carbocycles. The van der Waals surface area contributed by atoms with Crippen molar-refractivity contribution in [2.75, 3.05) is 57.2 Å². The second-order valence-electron chi connectivity index (χ2n) is 18.4. The van der Waals surface area contributed by atoms with Crippen LogP contribution in [-0.4, -0.2) is 56.1 Å². The van der Waals surface area contributed by atoms with Crippen LogP contribution in [0.2, 0.25) is 0 Å². The summed E-state index contributed by atoms with van der Waals surface area (Å²) >= 11 is 0. The number of aromatic nitrogens is 6. The molecule has 5 rings (SSSR count). The molecule has 0 aliphatic rings. The van der Waals surface area contributed by atoms with Gasteiger partial charge in [-0.25, -0.2) is 0 Å². The molecule has 0 bridgehead atoms. The van der Waals surface area contributed by atoms with Gasteiger partial charge in [-0.05, 0) is 83.0 Å². The van der Waals surface area contributed by atoms with Crippen LogP contribution in [0.4, 0.5) is 47.1 Å². The highest BCUT2D eigenvalue weighted by atomic mass is 15.3. The summed E-state index contributed by atoms with van der Waals surface area (Å²) in [4.78, 5) is 34.1. The lowest BCUT2D eigenvalue weighted by Crippen LogP contribution is -2.28. The molecule has 0 unspecified atom stereocenters. The average molecular weight is 843 g/mol. The molecule has 0 fully saturated rings. The van der Waals surface area contributed by atoms with Crippen molar-refractivity contribution in [2.24, 2.45) is 0 Å². The minimum Gasteiger partial charge on any atom is -0.350 e. The zero-order valence-electron chi connectivity index (χ0n) is 39.4. The van der Waals surface area contributed by atoms with E-state index in [-0.39, 0.29) is 10.8 Å². The quantitative estimate of drug-likeness (QED) is 0.0471. The molecule has 0 amide bonds. The van der Waals surface area contributed by atoms with E-state index in [1.165, 1.54) is 11.1 Å². The summed E-state index contributed by atoms with van der Waals surface area (Å²) in [5.41, 5.74) is 6.79. The van der Waals surface area contributed by atoms with E-state index in [0.29, 0.717) is 48.8 Å². The summed E-state index contributed by atoms with van der Waals surface area (Å²) in [6.45, 7) is 26.9. The third kappa shape index (κ3) is 14.8. The highest BCUT2D eigenvalue weighted by Crippen LogP contribution is 2.27. The first-order valence-corrected chi connectivity index (χ1v) is 23.1. The van der Waals surface area contributed by atoms with Crippen LogP contribution in [0, 0.1) is 0 Å². The van der Waals surface area contributed by atoms with Crippen LogP contribution in [0.1, 0.15) is 143 Å². The Morgan fingerprint density at radius 2 is 0.774 bits per heavy atom. The first kappa shape index (κ1) is 47.5. The Balaban J connectivity index is 1.35. The first-order valence-electron chi connectivity index (χ1n) is 23.1. The van der Waals surface area contributed by atoms with Crippen molar-refractivity contribution in [3.8, 4) is 0 Å². The highest BCUT2D eigenvalue weighted by molar-refractivity contribution is 5.58. The fourth-order valence-corrected chi connectivity index (χ4v) is 6.88. The molecular formula is C50H74N12. The van der Waals surface area contributed by atoms with Crippen molar-refractivity contribution in [3.05, 3.63) is 95.1 Å². The molecule has 0 spiro atoms. The fourth-order valence-electron chi connectivity index (χ4n) is 6.88. The molecule has 12 nitrogen and oxygen atoms in total. The van der Waals surface area contributed by atoms with Crippen LogP contribution in [0.15, 0.2) is 72.8 Å². The molecule has 4 N–H and O–H groups in total. The molecule has 12 heteroatoms. The Morgan fingerprint density at radius 1 is 0.435 bits per heavy atom. The molecule has 0 atom stereocenters. The summed E-state index contributed by atoms with van der Waals surface area (Å²) in [5.74, 6) is 3.48. The third-order valence-corrected chi connectivity index (χ3v) is 10.8. The molecule has 5 aromatic rings. The van der Waals surface area contributed by atoms with E-state index in [9.17, 15) is 0 Å². The second-order valence-corrected chi connectivity index (χ2v) is 18.4. The van der Waals surface area contributed by atoms with Gasteiger partial charge in [0.15, 0.2) is 0 Å². The Hall–Kier alpha value is -5.52. The summed E-state index contributed by atoms with van der Waals surface area (Å²) < 4.78 is 0. The Bertz CT molecular complexity index is 1930. The number of hydrogen-bond acceptors (Lipinski definition) is 12. The minimum absolute atomic E-state index is 0.0726. The van der Waals surface area contributed by atoms with Gasteiger partial charge in [-0.3, -0.25) is 0 Å². The largest absolute Gasteiger partial charge is 0.350 e. The zero-order valence-corrected chi connectivity index (χ0v) is 39.4. The number of rotatable bonds is 24. The van der Waals surface area contributed by atoms with Gasteiger partial charge in [-0.15, -0.1) is 0 Å². The van der Waals surface area contributed by atoms with E-state index in [4.69, 9.17) is 29.9 Å². The van der Waals surface area contributed by atoms with Gasteiger partial charge >= 0.3 is 0 Å². The van der Waals surface area contributed by atoms with Crippen molar-refractivity contribution in [1.82, 2.24) is 29.9 Å². The van der Waals surface area contributed by atoms with Crippen LogP contribution in [0.25, 0.3) is 0 Å². The third-order valence-electron chi connectivity index (χ3n) is 10.8. The summed E-state index contributed by atoms with van der Waals surface area (Å²) in [5, 5.41) is 14.0. The maximum atomic E-state index is 4.96. The Kier molecular flexibility index (Phi) is 17.7. The van der Waals surface area contributed by atoms with Crippen molar-refractivity contribution >= 4 is 47.1 Å². The summed E-state index contributed by atoms with van der Waals surface area (Å²) in [6.07, 6.45) is 8.69. The average Bonchev–Trinajstić information content (AvgIpc) is 3.25. The summed E-state index contributed by atoms with van der Waals surface area (Å²) in [6, 6.07) is 25.6. The van der Waals surface area contributed by atoms with Gasteiger partial charge in [-0.2, -0.15) is 29.9 Å². The second kappa shape index (κ2) is 23.1. The molecule has 0 aliphatic heterocycles. The number of anilines is 8. The van der Waals surface area contributed by atoms with E-state index in [1.54, 1.807) is 0 Å². The van der Waals surface area contributed by atoms with Crippen LogP contribution >= 0.6 is 0 Å². The van der Waals surface area contributed by atoms with Crippen molar-refractivity contribution in [1.29, 1.82) is 0 Å². The smallest absolute Gasteiger partial charge is 0.233 e. The molecule has 0 saturated carbocycles. The molecule has 2 heterocycles. The lowest BCUT2D eigenvalue weighted by Gasteiger charge is -2.23. The fraction of sp³-hybridized carbons (Fsp3) is 0.520. The maximum Gasteiger partial charge on any atom is 0.233 e. The van der Waals surface area contributed by atoms with Gasteiger partial charge in [-0.1, -0.05) is 143 Å². The number of unbranched alkanes of at least 4 members (excludes halogenated alkanes) is 4. The van der Waals surface area contributed by atoms with Gasteiger partial charge in [0.2, 0.25) is 35.7 Å². The Labute approximate surface area is 372 Å². The Morgan fingerprint density at radius 3 is 1.10 bits per heavy atom. The SMILES string of the molecule is CCCCN(CCCC)c1nc(NCc2cccc(CNc3nc(Nc4ccc(C(C)(C)C)cc4)nc(N(CCCC)CCCC)n3)c2)nc(Nc2ccc(C(C)(C)C)cc2)n1. The predicted octanol–water partition coefficient (Wildman–Crippen LogP) is 12.2. The van der Waals surface area contributed by atoms with E-state index in [1.807, 2.05) is 0 Å². The van der Waals surface area contributed by atoms with Gasteiger partial charge in [0.05, 0.1) is 0 Å². The lowest BCUT2D eigenvalue weighted by atomic mass is 9.87. The lowest BCUT2D eigenvalue weighted by molar-refractivity contribution is 0.590. The van der Waals surface area contributed by atoms with E-state index in [2.05, 4.69) is 173 Å². The number of nitrogens with zero attached hydrogens (tertiary/aromatic N) is 8. The predicted molar refractivity (Wildman–Crippen MR) is 262 cm³/mol. The van der Waals surface area contributed by atoms with Gasteiger partial charge < -0.3 is 31.1 Å². The van der Waals surface area contributed by atoms with Crippen LogP contribution in [0.3, 0.4) is 0 Å². The summed E-state index contributed by atoms with van der Waals surface area (Å²) in [7, 11) is 0. The maximum absolute atomic E-state index is 4.96. The van der Waals surface area contributed by atoms with E-state index in [0.717, 1.165) is 100 Å². The van der Waals surface area contributed by atoms with E-state index < -0.39 is 0 Å². The highest BCUT2D eigenvalue weighted by Gasteiger charge is 2.18. The normalized spacial score (nSPS) is 11.6. The molecule has 0 radical (unpaired) electrons. The number of nitrogens with one attached hydrogen (secondary N) is 4. The molecule has 0 aliphatic carbocycles. The number of hydrogen-bond donors (Lipinski definition) is 4. The monoisotopic (exact) mass is 843 g/mol. The topological polar surface area (TPSA) is 132 Å². The van der Waals surface area contributed by atoms with E-state index >= 15 is 0 Å². The molecule has 2 aromatic heterocycles. The van der Waals surface area contributed by atoms with Crippen molar-refractivity contribution in [2.45, 2.75) is 145 Å². The van der Waals surface area contributed by atoms with Crippen LogP contribution in [0.5, 0.6) is 0 Å². The van der Waals surface area contributed by atoms with Crippen molar-refractivity contribution < 1.29 is 0 Å². The van der Waals surface area contributed by atoms with Crippen LogP contribution < -0.4 is 31.1 Å². The van der Waals surface area contributed by atoms with Gasteiger partial charge in [0.25, 0.3) is 0 Å². The number of benzene rings is 3. The van der Waals surface area contributed by atoms with Crippen molar-refractivity contribution in [3.63, 3.8) is 0 Å². The van der Waals surface area contributed by atoms with Gasteiger partial charge in [0, 0.05) is 50.6 Å². The van der Waals surface area contributed by atoms with Crippen LogP contribution in [-0.2, 0) is 23.9 Å². The first-order chi connectivity index (χ1) is 29.8. The van der Waals surface area contributed by atoms with Gasteiger partial charge in [0.1, 0.15) is 0 Å².